The highest BCUT2D eigenvalue weighted by atomic mass is 35.5. The van der Waals surface area contributed by atoms with Crippen LogP contribution in [0.3, 0.4) is 0 Å². The van der Waals surface area contributed by atoms with Gasteiger partial charge in [-0.3, -0.25) is 4.79 Å². The number of hydrogen-bond acceptors (Lipinski definition) is 5. The molecule has 33 heavy (non-hydrogen) atoms. The Morgan fingerprint density at radius 2 is 1.91 bits per heavy atom. The van der Waals surface area contributed by atoms with Crippen LogP contribution >= 0.6 is 11.6 Å². The molecule has 1 saturated heterocycles. The topological polar surface area (TPSA) is 59.0 Å². The van der Waals surface area contributed by atoms with E-state index in [4.69, 9.17) is 21.1 Å². The van der Waals surface area contributed by atoms with Crippen LogP contribution in [-0.2, 0) is 22.6 Å². The van der Waals surface area contributed by atoms with Crippen LogP contribution in [0.15, 0.2) is 42.0 Å². The summed E-state index contributed by atoms with van der Waals surface area (Å²) in [6.45, 7) is 6.90. The Kier molecular flexibility index (Phi) is 7.13. The van der Waals surface area contributed by atoms with Crippen molar-refractivity contribution in [3.05, 3.63) is 69.2 Å². The summed E-state index contributed by atoms with van der Waals surface area (Å²) in [5.41, 5.74) is 6.49. The maximum Gasteiger partial charge on any atom is 0.312 e. The highest BCUT2D eigenvalue weighted by molar-refractivity contribution is 6.30. The molecule has 2 heterocycles. The number of piperidine rings is 1. The van der Waals surface area contributed by atoms with Crippen LogP contribution < -0.4 is 4.74 Å². The Morgan fingerprint density at radius 3 is 2.61 bits per heavy atom. The maximum absolute atomic E-state index is 12.1. The Bertz CT molecular complexity index is 1070. The number of fused-ring (bicyclic) bond motifs is 2. The van der Waals surface area contributed by atoms with Gasteiger partial charge in [0.2, 0.25) is 0 Å². The fraction of sp³-hybridized carbons (Fsp3) is 0.444. The smallest absolute Gasteiger partial charge is 0.312 e. The van der Waals surface area contributed by atoms with Crippen molar-refractivity contribution < 1.29 is 19.4 Å². The van der Waals surface area contributed by atoms with Crippen molar-refractivity contribution in [3.8, 4) is 5.75 Å². The molecule has 1 N–H and O–H groups in total. The molecule has 2 aromatic carbocycles. The first kappa shape index (κ1) is 23.8. The zero-order valence-electron chi connectivity index (χ0n) is 19.6. The van der Waals surface area contributed by atoms with Crippen LogP contribution in [0.1, 0.15) is 48.9 Å². The fourth-order valence-electron chi connectivity index (χ4n) is 4.92. The quantitative estimate of drug-likeness (QED) is 0.633. The van der Waals surface area contributed by atoms with Crippen LogP contribution in [0.2, 0.25) is 5.02 Å². The number of esters is 1. The molecule has 0 aromatic heterocycles. The van der Waals surface area contributed by atoms with Gasteiger partial charge in [0.1, 0.15) is 12.4 Å². The van der Waals surface area contributed by atoms with Crippen molar-refractivity contribution in [1.82, 2.24) is 4.90 Å². The van der Waals surface area contributed by atoms with Crippen molar-refractivity contribution in [2.45, 2.75) is 39.7 Å². The summed E-state index contributed by atoms with van der Waals surface area (Å²) < 4.78 is 11.2. The zero-order chi connectivity index (χ0) is 23.6. The van der Waals surface area contributed by atoms with Gasteiger partial charge in [-0.15, -0.1) is 0 Å². The number of nitrogens with zero attached hydrogens (tertiary/aromatic N) is 1. The van der Waals surface area contributed by atoms with Gasteiger partial charge >= 0.3 is 5.97 Å². The molecule has 2 aliphatic rings. The van der Waals surface area contributed by atoms with Crippen LogP contribution in [0.25, 0.3) is 5.57 Å². The molecule has 1 fully saturated rings. The predicted octanol–water partition coefficient (Wildman–Crippen LogP) is 4.86. The first-order valence-electron chi connectivity index (χ1n) is 11.5. The minimum absolute atomic E-state index is 0.114. The number of aliphatic hydroxyl groups excluding tert-OH is 1. The number of rotatable bonds is 5. The molecule has 6 heteroatoms. The van der Waals surface area contributed by atoms with Crippen LogP contribution in [0, 0.1) is 5.41 Å². The largest absolute Gasteiger partial charge is 0.488 e. The Hall–Kier alpha value is -2.34. The number of ether oxygens (including phenoxy) is 2. The third kappa shape index (κ3) is 5.11. The first-order valence-corrected chi connectivity index (χ1v) is 11.9. The lowest BCUT2D eigenvalue weighted by Crippen LogP contribution is -2.42. The van der Waals surface area contributed by atoms with Gasteiger partial charge in [-0.25, -0.2) is 0 Å². The average molecular weight is 470 g/mol. The molecule has 5 nitrogen and oxygen atoms in total. The van der Waals surface area contributed by atoms with Crippen LogP contribution in [0.4, 0.5) is 0 Å². The normalized spacial score (nSPS) is 16.5. The Labute approximate surface area is 201 Å². The third-order valence-corrected chi connectivity index (χ3v) is 6.84. The Morgan fingerprint density at radius 1 is 1.15 bits per heavy atom. The van der Waals surface area contributed by atoms with E-state index in [2.05, 4.69) is 17.0 Å². The van der Waals surface area contributed by atoms with Gasteiger partial charge in [0, 0.05) is 36.8 Å². The lowest BCUT2D eigenvalue weighted by molar-refractivity contribution is -0.151. The van der Waals surface area contributed by atoms with Gasteiger partial charge < -0.3 is 19.5 Å². The molecule has 0 spiro atoms. The molecule has 0 atom stereocenters. The summed E-state index contributed by atoms with van der Waals surface area (Å²) in [4.78, 5) is 14.5. The number of aliphatic hydroxyl groups is 1. The molecule has 4 rings (SSSR count). The van der Waals surface area contributed by atoms with Crippen molar-refractivity contribution in [2.75, 3.05) is 33.4 Å². The lowest BCUT2D eigenvalue weighted by atomic mass is 9.85. The lowest BCUT2D eigenvalue weighted by Gasteiger charge is -2.35. The first-order chi connectivity index (χ1) is 15.8. The SMILES string of the molecule is COC(=O)C(C)(C)CN1CCC(=C2c3ccc(Cl)cc3COc3ccc(CCO)cc32)CC1. The van der Waals surface area contributed by atoms with Gasteiger partial charge in [0.05, 0.1) is 12.5 Å². The molecule has 0 radical (unpaired) electrons. The van der Waals surface area contributed by atoms with Gasteiger partial charge in [0.15, 0.2) is 0 Å². The average Bonchev–Trinajstić information content (AvgIpc) is 2.95. The summed E-state index contributed by atoms with van der Waals surface area (Å²) >= 11 is 6.32. The van der Waals surface area contributed by atoms with Crippen molar-refractivity contribution in [1.29, 1.82) is 0 Å². The molecule has 0 unspecified atom stereocenters. The number of carbonyl (C=O) groups excluding carboxylic acids is 1. The number of carbonyl (C=O) groups is 1. The van der Waals surface area contributed by atoms with Gasteiger partial charge in [-0.05, 0) is 79.6 Å². The van der Waals surface area contributed by atoms with Gasteiger partial charge in [-0.2, -0.15) is 0 Å². The van der Waals surface area contributed by atoms with E-state index in [1.165, 1.54) is 18.3 Å². The molecule has 176 valence electrons. The maximum atomic E-state index is 12.1. The number of benzene rings is 2. The van der Waals surface area contributed by atoms with E-state index in [9.17, 15) is 9.90 Å². The summed E-state index contributed by atoms with van der Waals surface area (Å²) in [5.74, 6) is 0.685. The molecule has 2 aliphatic heterocycles. The second-order valence-electron chi connectivity index (χ2n) is 9.52. The van der Waals surface area contributed by atoms with E-state index in [1.807, 2.05) is 38.1 Å². The van der Waals surface area contributed by atoms with Gasteiger partial charge in [-0.1, -0.05) is 29.3 Å². The predicted molar refractivity (Wildman–Crippen MR) is 131 cm³/mol. The summed E-state index contributed by atoms with van der Waals surface area (Å²) in [6.07, 6.45) is 2.44. The molecule has 0 aliphatic carbocycles. The fourth-order valence-corrected chi connectivity index (χ4v) is 5.12. The standard InChI is InChI=1S/C27H32ClNO4/c1-27(2,26(31)32-3)17-29-11-8-19(9-12-29)25-22-6-5-21(28)15-20(22)16-33-24-7-4-18(10-13-30)14-23(24)25/h4-7,14-15,30H,8-13,16-17H2,1-3H3. The second kappa shape index (κ2) is 9.88. The van der Waals surface area contributed by atoms with Crippen molar-refractivity contribution in [2.24, 2.45) is 5.41 Å². The Balaban J connectivity index is 1.70. The molecular weight excluding hydrogens is 438 g/mol. The van der Waals surface area contributed by atoms with Gasteiger partial charge in [0.25, 0.3) is 0 Å². The summed E-state index contributed by atoms with van der Waals surface area (Å²) in [5, 5.41) is 10.2. The number of halogens is 1. The zero-order valence-corrected chi connectivity index (χ0v) is 20.4. The number of hydrogen-bond donors (Lipinski definition) is 1. The second-order valence-corrected chi connectivity index (χ2v) is 9.96. The minimum atomic E-state index is -0.537. The van der Waals surface area contributed by atoms with Crippen LogP contribution in [0.5, 0.6) is 5.75 Å². The molecule has 2 aromatic rings. The number of methoxy groups -OCH3 is 1. The summed E-state index contributed by atoms with van der Waals surface area (Å²) in [7, 11) is 1.45. The molecular formula is C27H32ClNO4. The van der Waals surface area contributed by atoms with E-state index in [0.717, 1.165) is 53.9 Å². The monoisotopic (exact) mass is 469 g/mol. The van der Waals surface area contributed by atoms with E-state index in [-0.39, 0.29) is 12.6 Å². The van der Waals surface area contributed by atoms with E-state index in [0.29, 0.717) is 24.6 Å². The van der Waals surface area contributed by atoms with Crippen molar-refractivity contribution >= 4 is 23.1 Å². The molecule has 0 bridgehead atoms. The highest BCUT2D eigenvalue weighted by Crippen LogP contribution is 2.42. The third-order valence-electron chi connectivity index (χ3n) is 6.60. The number of likely N-dealkylation sites (tertiary alicyclic amines) is 1. The van der Waals surface area contributed by atoms with E-state index < -0.39 is 5.41 Å². The van der Waals surface area contributed by atoms with E-state index >= 15 is 0 Å². The molecule has 0 saturated carbocycles. The minimum Gasteiger partial charge on any atom is -0.488 e. The van der Waals surface area contributed by atoms with Crippen LogP contribution in [-0.4, -0.2) is 49.3 Å². The van der Waals surface area contributed by atoms with Crippen molar-refractivity contribution in [3.63, 3.8) is 0 Å². The van der Waals surface area contributed by atoms with E-state index in [1.54, 1.807) is 0 Å². The summed E-state index contributed by atoms with van der Waals surface area (Å²) in [6, 6.07) is 12.2. The molecule has 0 amide bonds. The highest BCUT2D eigenvalue weighted by Gasteiger charge is 2.33.